The summed E-state index contributed by atoms with van der Waals surface area (Å²) in [5.74, 6) is 0.444. The van der Waals surface area contributed by atoms with Crippen molar-refractivity contribution in [1.29, 1.82) is 0 Å². The Balaban J connectivity index is 1.55. The van der Waals surface area contributed by atoms with Crippen LogP contribution in [0.5, 0.6) is 0 Å². The highest BCUT2D eigenvalue weighted by Gasteiger charge is 2.61. The highest BCUT2D eigenvalue weighted by atomic mass is 32.2. The summed E-state index contributed by atoms with van der Waals surface area (Å²) in [5.41, 5.74) is 1.27. The molecule has 0 unspecified atom stereocenters. The second kappa shape index (κ2) is 5.83. The minimum atomic E-state index is -3.01. The first-order valence-corrected chi connectivity index (χ1v) is 10.1. The third kappa shape index (κ3) is 2.38. The van der Waals surface area contributed by atoms with Crippen molar-refractivity contribution in [1.82, 2.24) is 4.90 Å². The zero-order valence-electron chi connectivity index (χ0n) is 13.9. The molecule has 128 valence electrons. The summed E-state index contributed by atoms with van der Waals surface area (Å²) in [6.07, 6.45) is 0.734. The second-order valence-corrected chi connectivity index (χ2v) is 9.56. The first kappa shape index (κ1) is 16.1. The fourth-order valence-electron chi connectivity index (χ4n) is 4.40. The van der Waals surface area contributed by atoms with Crippen molar-refractivity contribution >= 4 is 20.6 Å². The summed E-state index contributed by atoms with van der Waals surface area (Å²) in [4.78, 5) is 2.26. The molecule has 1 spiro atoms. The van der Waals surface area contributed by atoms with Crippen molar-refractivity contribution < 1.29 is 13.2 Å². The Kier molecular flexibility index (Phi) is 3.90. The number of methoxy groups -OCH3 is 1. The highest BCUT2D eigenvalue weighted by molar-refractivity contribution is 7.93. The Labute approximate surface area is 143 Å². The molecule has 5 heteroatoms. The summed E-state index contributed by atoms with van der Waals surface area (Å²) >= 11 is 0. The Morgan fingerprint density at radius 1 is 1.17 bits per heavy atom. The molecule has 4 nitrogen and oxygen atoms in total. The molecule has 4 rings (SSSR count). The van der Waals surface area contributed by atoms with Crippen molar-refractivity contribution in [3.05, 3.63) is 48.0 Å². The number of nitrogens with zero attached hydrogens (tertiary/aromatic N) is 1. The van der Waals surface area contributed by atoms with Gasteiger partial charge < -0.3 is 4.74 Å². The Hall–Kier alpha value is -1.43. The molecule has 0 aromatic heterocycles. The molecule has 1 atom stereocenters. The maximum Gasteiger partial charge on any atom is 0.158 e. The van der Waals surface area contributed by atoms with Crippen LogP contribution in [0.3, 0.4) is 0 Å². The highest BCUT2D eigenvalue weighted by Crippen LogP contribution is 2.45. The predicted octanol–water partition coefficient (Wildman–Crippen LogP) is 2.48. The van der Waals surface area contributed by atoms with Crippen LogP contribution >= 0.6 is 0 Å². The molecular formula is C19H23NO3S. The largest absolute Gasteiger partial charge is 0.384 e. The summed E-state index contributed by atoms with van der Waals surface area (Å²) < 4.78 is 29.9. The maximum absolute atomic E-state index is 12.6. The molecule has 2 aromatic carbocycles. The molecule has 2 fully saturated rings. The van der Waals surface area contributed by atoms with Gasteiger partial charge in [-0.05, 0) is 22.8 Å². The van der Waals surface area contributed by atoms with E-state index in [1.165, 1.54) is 16.3 Å². The van der Waals surface area contributed by atoms with Crippen molar-refractivity contribution in [2.75, 3.05) is 32.6 Å². The number of benzene rings is 2. The molecule has 2 aliphatic rings. The Morgan fingerprint density at radius 2 is 1.92 bits per heavy atom. The molecule has 2 heterocycles. The number of sulfone groups is 1. The van der Waals surface area contributed by atoms with Crippen LogP contribution in [0.4, 0.5) is 0 Å². The van der Waals surface area contributed by atoms with Gasteiger partial charge in [0.05, 0.1) is 12.4 Å². The number of likely N-dealkylation sites (tertiary alicyclic amines) is 1. The minimum Gasteiger partial charge on any atom is -0.384 e. The first-order valence-electron chi connectivity index (χ1n) is 8.46. The molecule has 0 bridgehead atoms. The van der Waals surface area contributed by atoms with Gasteiger partial charge in [0, 0.05) is 32.7 Å². The third-order valence-electron chi connectivity index (χ3n) is 5.72. The number of hydrogen-bond acceptors (Lipinski definition) is 4. The monoisotopic (exact) mass is 345 g/mol. The molecule has 24 heavy (non-hydrogen) atoms. The van der Waals surface area contributed by atoms with Gasteiger partial charge >= 0.3 is 0 Å². The minimum absolute atomic E-state index is 0.135. The van der Waals surface area contributed by atoms with E-state index in [0.717, 1.165) is 13.0 Å². The Bertz CT molecular complexity index is 851. The average Bonchev–Trinajstić information content (AvgIpc) is 2.80. The van der Waals surface area contributed by atoms with E-state index in [1.807, 2.05) is 6.07 Å². The van der Waals surface area contributed by atoms with Gasteiger partial charge in [0.1, 0.15) is 4.75 Å². The summed E-state index contributed by atoms with van der Waals surface area (Å²) in [7, 11) is -1.35. The Morgan fingerprint density at radius 3 is 2.71 bits per heavy atom. The molecule has 2 aliphatic heterocycles. The van der Waals surface area contributed by atoms with Crippen LogP contribution in [-0.4, -0.2) is 50.6 Å². The summed E-state index contributed by atoms with van der Waals surface area (Å²) in [6.45, 7) is 2.61. The van der Waals surface area contributed by atoms with E-state index in [1.54, 1.807) is 7.11 Å². The summed E-state index contributed by atoms with van der Waals surface area (Å²) in [6, 6.07) is 14.7. The standard InChI is InChI=1S/C19H23NO3S/c1-23-12-17-9-10-24(21,22)19(17)13-20(14-19)11-16-7-4-6-15-5-2-3-8-18(15)16/h2-8,17H,9-14H2,1H3/t17-/m0/s1. The lowest BCUT2D eigenvalue weighted by atomic mass is 9.83. The quantitative estimate of drug-likeness (QED) is 0.854. The van der Waals surface area contributed by atoms with Crippen LogP contribution in [0.15, 0.2) is 42.5 Å². The van der Waals surface area contributed by atoms with Crippen LogP contribution in [0.25, 0.3) is 10.8 Å². The van der Waals surface area contributed by atoms with Crippen LogP contribution in [0.1, 0.15) is 12.0 Å². The van der Waals surface area contributed by atoms with E-state index in [2.05, 4.69) is 41.3 Å². The van der Waals surface area contributed by atoms with Gasteiger partial charge in [-0.15, -0.1) is 0 Å². The van der Waals surface area contributed by atoms with E-state index in [0.29, 0.717) is 25.4 Å². The molecule has 0 aliphatic carbocycles. The van der Waals surface area contributed by atoms with Crippen molar-refractivity contribution in [3.63, 3.8) is 0 Å². The van der Waals surface area contributed by atoms with E-state index in [-0.39, 0.29) is 5.92 Å². The van der Waals surface area contributed by atoms with Crippen molar-refractivity contribution in [2.24, 2.45) is 5.92 Å². The van der Waals surface area contributed by atoms with Crippen LogP contribution in [-0.2, 0) is 21.1 Å². The zero-order chi connectivity index (χ0) is 16.8. The van der Waals surface area contributed by atoms with Crippen molar-refractivity contribution in [2.45, 2.75) is 17.7 Å². The number of hydrogen-bond donors (Lipinski definition) is 0. The fourth-order valence-corrected chi connectivity index (χ4v) is 6.86. The maximum atomic E-state index is 12.6. The number of fused-ring (bicyclic) bond motifs is 1. The van der Waals surface area contributed by atoms with Crippen LogP contribution in [0.2, 0.25) is 0 Å². The van der Waals surface area contributed by atoms with Gasteiger partial charge in [-0.25, -0.2) is 8.42 Å². The van der Waals surface area contributed by atoms with Gasteiger partial charge in [-0.3, -0.25) is 4.90 Å². The molecule has 0 radical (unpaired) electrons. The smallest absolute Gasteiger partial charge is 0.158 e. The number of ether oxygens (including phenoxy) is 1. The lowest BCUT2D eigenvalue weighted by molar-refractivity contribution is 0.0414. The third-order valence-corrected chi connectivity index (χ3v) is 8.33. The van der Waals surface area contributed by atoms with E-state index in [4.69, 9.17) is 4.74 Å². The molecule has 2 saturated heterocycles. The SMILES string of the molecule is COC[C@@H]1CCS(=O)(=O)C12CN(Cc1cccc3ccccc13)C2. The fraction of sp³-hybridized carbons (Fsp3) is 0.474. The van der Waals surface area contributed by atoms with Gasteiger partial charge in [-0.1, -0.05) is 42.5 Å². The summed E-state index contributed by atoms with van der Waals surface area (Å²) in [5, 5.41) is 2.49. The molecule has 0 saturated carbocycles. The van der Waals surface area contributed by atoms with E-state index < -0.39 is 14.6 Å². The first-order chi connectivity index (χ1) is 11.6. The molecule has 2 aromatic rings. The van der Waals surface area contributed by atoms with E-state index >= 15 is 0 Å². The normalized spacial score (nSPS) is 25.1. The lowest BCUT2D eigenvalue weighted by Gasteiger charge is -2.50. The van der Waals surface area contributed by atoms with Gasteiger partial charge in [0.15, 0.2) is 9.84 Å². The zero-order valence-corrected chi connectivity index (χ0v) is 14.8. The second-order valence-electron chi connectivity index (χ2n) is 7.11. The van der Waals surface area contributed by atoms with Crippen molar-refractivity contribution in [3.8, 4) is 0 Å². The van der Waals surface area contributed by atoms with Gasteiger partial charge in [-0.2, -0.15) is 0 Å². The topological polar surface area (TPSA) is 46.6 Å². The van der Waals surface area contributed by atoms with E-state index in [9.17, 15) is 8.42 Å². The lowest BCUT2D eigenvalue weighted by Crippen LogP contribution is -2.67. The number of rotatable bonds is 4. The van der Waals surface area contributed by atoms with Crippen LogP contribution in [0, 0.1) is 5.92 Å². The average molecular weight is 345 g/mol. The van der Waals surface area contributed by atoms with Gasteiger partial charge in [0.25, 0.3) is 0 Å². The van der Waals surface area contributed by atoms with Gasteiger partial charge in [0.2, 0.25) is 0 Å². The van der Waals surface area contributed by atoms with Crippen LogP contribution < -0.4 is 0 Å². The predicted molar refractivity (Wildman–Crippen MR) is 95.7 cm³/mol. The molecular weight excluding hydrogens is 322 g/mol. The molecule has 0 N–H and O–H groups in total. The molecule has 0 amide bonds.